The Kier molecular flexibility index (Phi) is 6.90. The number of anilines is 2. The molecule has 0 aromatic heterocycles. The average Bonchev–Trinajstić information content (AvgIpc) is 2.84. The number of hydrogen-bond acceptors (Lipinski definition) is 6. The number of nitrogens with two attached hydrogens (primary N) is 2. The number of alkyl halides is 6. The third kappa shape index (κ3) is 5.17. The topological polar surface area (TPSA) is 111 Å². The Bertz CT molecular complexity index is 1360. The first kappa shape index (κ1) is 27.3. The fourth-order valence-electron chi connectivity index (χ4n) is 3.98. The third-order valence-corrected chi connectivity index (χ3v) is 5.85. The standard InChI is InChI=1S/C27H20F6N2O4/c28-26(29,30)25(27(31,32)33,15-1-11-23(21(36)13-15)38-19-7-3-17(34)4-8-19)16-2-12-24(22(37)14-16)39-20-9-5-18(35)6-10-20/h1-14,36-37H,34-35H2. The summed E-state index contributed by atoms with van der Waals surface area (Å²) in [6.45, 7) is 0. The normalized spacial score (nSPS) is 12.3. The molecule has 0 saturated carbocycles. The molecule has 0 bridgehead atoms. The molecule has 12 heteroatoms. The van der Waals surface area contributed by atoms with Crippen LogP contribution in [0.4, 0.5) is 37.7 Å². The van der Waals surface area contributed by atoms with Gasteiger partial charge in [0.2, 0.25) is 5.41 Å². The molecule has 0 atom stereocenters. The molecule has 39 heavy (non-hydrogen) atoms. The van der Waals surface area contributed by atoms with Crippen LogP contribution in [0.15, 0.2) is 84.9 Å². The van der Waals surface area contributed by atoms with E-state index in [1.54, 1.807) is 0 Å². The van der Waals surface area contributed by atoms with Crippen LogP contribution in [0.5, 0.6) is 34.5 Å². The molecule has 0 aliphatic heterocycles. The van der Waals surface area contributed by atoms with E-state index >= 15 is 0 Å². The summed E-state index contributed by atoms with van der Waals surface area (Å²) >= 11 is 0. The fourth-order valence-corrected chi connectivity index (χ4v) is 3.98. The van der Waals surface area contributed by atoms with E-state index in [0.29, 0.717) is 35.6 Å². The average molecular weight is 550 g/mol. The van der Waals surface area contributed by atoms with Gasteiger partial charge >= 0.3 is 12.4 Å². The minimum Gasteiger partial charge on any atom is -0.504 e. The predicted octanol–water partition coefficient (Wildman–Crippen LogP) is 7.26. The summed E-state index contributed by atoms with van der Waals surface area (Å²) in [6, 6.07) is 14.7. The summed E-state index contributed by atoms with van der Waals surface area (Å²) in [5.74, 6) is -2.48. The van der Waals surface area contributed by atoms with Crippen molar-refractivity contribution >= 4 is 11.4 Å². The second-order valence-corrected chi connectivity index (χ2v) is 8.45. The van der Waals surface area contributed by atoms with Crippen LogP contribution in [0.2, 0.25) is 0 Å². The monoisotopic (exact) mass is 550 g/mol. The lowest BCUT2D eigenvalue weighted by Crippen LogP contribution is -2.54. The Labute approximate surface area is 217 Å². The van der Waals surface area contributed by atoms with Crippen molar-refractivity contribution in [1.29, 1.82) is 0 Å². The molecule has 6 nitrogen and oxygen atoms in total. The van der Waals surface area contributed by atoms with Crippen LogP contribution in [-0.4, -0.2) is 22.6 Å². The maximum Gasteiger partial charge on any atom is 0.411 e. The fraction of sp³-hybridized carbons (Fsp3) is 0.111. The van der Waals surface area contributed by atoms with Gasteiger partial charge in [-0.1, -0.05) is 12.1 Å². The smallest absolute Gasteiger partial charge is 0.411 e. The quantitative estimate of drug-likeness (QED) is 0.149. The number of benzene rings is 4. The van der Waals surface area contributed by atoms with E-state index in [-0.39, 0.29) is 11.5 Å². The van der Waals surface area contributed by atoms with Crippen molar-refractivity contribution in [1.82, 2.24) is 0 Å². The lowest BCUT2D eigenvalue weighted by atomic mass is 9.72. The number of halogens is 6. The molecule has 0 aliphatic carbocycles. The molecule has 4 aromatic rings. The van der Waals surface area contributed by atoms with E-state index in [1.165, 1.54) is 48.5 Å². The number of phenols is 2. The molecule has 6 N–H and O–H groups in total. The van der Waals surface area contributed by atoms with Gasteiger partial charge in [0.15, 0.2) is 23.0 Å². The Balaban J connectivity index is 1.80. The van der Waals surface area contributed by atoms with E-state index in [1.807, 2.05) is 0 Å². The van der Waals surface area contributed by atoms with Crippen molar-refractivity contribution in [2.45, 2.75) is 17.8 Å². The molecule has 0 saturated heterocycles. The summed E-state index contributed by atoms with van der Waals surface area (Å²) in [4.78, 5) is 0. The second-order valence-electron chi connectivity index (χ2n) is 8.45. The van der Waals surface area contributed by atoms with Crippen LogP contribution < -0.4 is 20.9 Å². The summed E-state index contributed by atoms with van der Waals surface area (Å²) in [7, 11) is 0. The van der Waals surface area contributed by atoms with E-state index in [4.69, 9.17) is 20.9 Å². The first-order valence-electron chi connectivity index (χ1n) is 11.1. The SMILES string of the molecule is Nc1ccc(Oc2ccc(C(c3ccc(Oc4ccc(N)cc4)c(O)c3)(C(F)(F)F)C(F)(F)F)cc2O)cc1. The molecule has 4 aromatic carbocycles. The zero-order valence-electron chi connectivity index (χ0n) is 19.7. The molecule has 4 rings (SSSR count). The molecule has 0 aliphatic rings. The Morgan fingerprint density at radius 2 is 0.846 bits per heavy atom. The predicted molar refractivity (Wildman–Crippen MR) is 131 cm³/mol. The molecule has 0 heterocycles. The highest BCUT2D eigenvalue weighted by molar-refractivity contribution is 5.55. The summed E-state index contributed by atoms with van der Waals surface area (Å²) in [5.41, 5.74) is 4.58. The number of phenolic OH excluding ortho intramolecular Hbond substituents is 2. The van der Waals surface area contributed by atoms with Crippen LogP contribution in [0.25, 0.3) is 0 Å². The summed E-state index contributed by atoms with van der Waals surface area (Å²) in [6.07, 6.45) is -11.9. The Hall–Kier alpha value is -4.74. The first-order valence-corrected chi connectivity index (χ1v) is 11.1. The number of hydrogen-bond donors (Lipinski definition) is 4. The van der Waals surface area contributed by atoms with Crippen molar-refractivity contribution < 1.29 is 46.0 Å². The van der Waals surface area contributed by atoms with Gasteiger partial charge in [0.25, 0.3) is 0 Å². The van der Waals surface area contributed by atoms with Crippen LogP contribution in [0, 0.1) is 0 Å². The summed E-state index contributed by atoms with van der Waals surface area (Å²) < 4.78 is 97.8. The van der Waals surface area contributed by atoms with Crippen molar-refractivity contribution in [3.63, 3.8) is 0 Å². The van der Waals surface area contributed by atoms with Crippen molar-refractivity contribution in [2.24, 2.45) is 0 Å². The van der Waals surface area contributed by atoms with Gasteiger partial charge in [-0.25, -0.2) is 0 Å². The van der Waals surface area contributed by atoms with Crippen LogP contribution in [-0.2, 0) is 5.41 Å². The Morgan fingerprint density at radius 1 is 0.513 bits per heavy atom. The second kappa shape index (κ2) is 9.86. The van der Waals surface area contributed by atoms with E-state index < -0.39 is 51.9 Å². The van der Waals surface area contributed by atoms with Gasteiger partial charge in [0.05, 0.1) is 0 Å². The van der Waals surface area contributed by atoms with Crippen LogP contribution >= 0.6 is 0 Å². The molecular weight excluding hydrogens is 530 g/mol. The minimum atomic E-state index is -5.96. The molecule has 204 valence electrons. The highest BCUT2D eigenvalue weighted by Crippen LogP contribution is 2.58. The number of nitrogen functional groups attached to an aromatic ring is 2. The molecule has 0 amide bonds. The van der Waals surface area contributed by atoms with Gasteiger partial charge in [0.1, 0.15) is 11.5 Å². The summed E-state index contributed by atoms with van der Waals surface area (Å²) in [5, 5.41) is 20.7. The van der Waals surface area contributed by atoms with Crippen molar-refractivity contribution in [2.75, 3.05) is 11.5 Å². The lowest BCUT2D eigenvalue weighted by Gasteiger charge is -2.38. The third-order valence-electron chi connectivity index (χ3n) is 5.85. The molecule has 0 spiro atoms. The van der Waals surface area contributed by atoms with E-state index in [0.717, 1.165) is 12.1 Å². The largest absolute Gasteiger partial charge is 0.504 e. The van der Waals surface area contributed by atoms with Gasteiger partial charge in [-0.15, -0.1) is 0 Å². The van der Waals surface area contributed by atoms with Gasteiger partial charge in [-0.3, -0.25) is 0 Å². The highest BCUT2D eigenvalue weighted by Gasteiger charge is 2.72. The number of aromatic hydroxyl groups is 2. The minimum absolute atomic E-state index is 0.131. The maximum absolute atomic E-state index is 14.5. The first-order chi connectivity index (χ1) is 18.2. The van der Waals surface area contributed by atoms with Gasteiger partial charge in [-0.05, 0) is 83.9 Å². The highest BCUT2D eigenvalue weighted by atomic mass is 19.4. The van der Waals surface area contributed by atoms with Gasteiger partial charge < -0.3 is 31.2 Å². The lowest BCUT2D eigenvalue weighted by molar-refractivity contribution is -0.288. The van der Waals surface area contributed by atoms with E-state index in [9.17, 15) is 36.6 Å². The van der Waals surface area contributed by atoms with Gasteiger partial charge in [0, 0.05) is 11.4 Å². The van der Waals surface area contributed by atoms with Crippen molar-refractivity contribution in [3.05, 3.63) is 96.1 Å². The Morgan fingerprint density at radius 3 is 1.13 bits per heavy atom. The van der Waals surface area contributed by atoms with E-state index in [2.05, 4.69) is 0 Å². The zero-order valence-corrected chi connectivity index (χ0v) is 19.7. The van der Waals surface area contributed by atoms with Crippen LogP contribution in [0.3, 0.4) is 0 Å². The molecule has 0 fully saturated rings. The van der Waals surface area contributed by atoms with Gasteiger partial charge in [-0.2, -0.15) is 26.3 Å². The van der Waals surface area contributed by atoms with Crippen LogP contribution in [0.1, 0.15) is 11.1 Å². The zero-order chi connectivity index (χ0) is 28.6. The molecule has 0 radical (unpaired) electrons. The molecular formula is C27H20F6N2O4. The maximum atomic E-state index is 14.5. The van der Waals surface area contributed by atoms with Crippen molar-refractivity contribution in [3.8, 4) is 34.5 Å². The number of ether oxygens (including phenoxy) is 2. The molecule has 0 unspecified atom stereocenters. The number of rotatable bonds is 6.